The summed E-state index contributed by atoms with van der Waals surface area (Å²) in [7, 11) is 6.49. The molecule has 0 N–H and O–H groups in total. The fraction of sp³-hybridized carbons (Fsp3) is 1.00. The van der Waals surface area contributed by atoms with Crippen LogP contribution in [0, 0.1) is 0 Å². The van der Waals surface area contributed by atoms with Gasteiger partial charge in [0.05, 0.1) is 0 Å². The van der Waals surface area contributed by atoms with Crippen LogP contribution in [-0.4, -0.2) is 75.1 Å². The summed E-state index contributed by atoms with van der Waals surface area (Å²) in [5, 5.41) is 0. The van der Waals surface area contributed by atoms with Gasteiger partial charge in [0.2, 0.25) is 0 Å². The van der Waals surface area contributed by atoms with Gasteiger partial charge in [0.25, 0.3) is 0 Å². The van der Waals surface area contributed by atoms with Gasteiger partial charge < -0.3 is 14.7 Å². The topological polar surface area (TPSA) is 9.72 Å². The first kappa shape index (κ1) is 19.2. The number of likely N-dealkylation sites (N-methyl/N-ethyl adjacent to an activating group) is 1. The van der Waals surface area contributed by atoms with Crippen LogP contribution in [-0.2, 0) is 0 Å². The van der Waals surface area contributed by atoms with Crippen LogP contribution in [0.3, 0.4) is 0 Å². The maximum atomic E-state index is 2.57. The molecule has 1 heterocycles. The molecule has 1 saturated heterocycles. The highest BCUT2D eigenvalue weighted by Gasteiger charge is 2.12. The molecule has 0 unspecified atom stereocenters. The highest BCUT2D eigenvalue weighted by molar-refractivity contribution is 4.69. The molecule has 0 bridgehead atoms. The first-order chi connectivity index (χ1) is 8.18. The minimum absolute atomic E-state index is 1.21. The van der Waals surface area contributed by atoms with Gasteiger partial charge in [-0.15, -0.1) is 0 Å². The van der Waals surface area contributed by atoms with Crippen molar-refractivity contribution in [2.24, 2.45) is 0 Å². The number of rotatable bonds is 4. The average molecular weight is 245 g/mol. The van der Waals surface area contributed by atoms with Gasteiger partial charge in [-0.05, 0) is 40.7 Å². The van der Waals surface area contributed by atoms with Crippen molar-refractivity contribution in [1.82, 2.24) is 14.7 Å². The lowest BCUT2D eigenvalue weighted by molar-refractivity contribution is 0.149. The molecular weight excluding hydrogens is 210 g/mol. The lowest BCUT2D eigenvalue weighted by atomic mass is 10.3. The first-order valence-corrected chi connectivity index (χ1v) is 7.24. The van der Waals surface area contributed by atoms with E-state index in [1.807, 2.05) is 27.7 Å². The predicted molar refractivity (Wildman–Crippen MR) is 79.8 cm³/mol. The Labute approximate surface area is 110 Å². The zero-order valence-corrected chi connectivity index (χ0v) is 13.3. The van der Waals surface area contributed by atoms with Gasteiger partial charge in [-0.2, -0.15) is 0 Å². The monoisotopic (exact) mass is 245 g/mol. The van der Waals surface area contributed by atoms with Gasteiger partial charge in [0, 0.05) is 26.2 Å². The Balaban J connectivity index is 0. The zero-order chi connectivity index (χ0) is 13.7. The van der Waals surface area contributed by atoms with E-state index in [1.54, 1.807) is 0 Å². The van der Waals surface area contributed by atoms with Gasteiger partial charge in [-0.1, -0.05) is 27.7 Å². The van der Waals surface area contributed by atoms with E-state index >= 15 is 0 Å². The number of hydrogen-bond acceptors (Lipinski definition) is 3. The number of piperazine rings is 1. The van der Waals surface area contributed by atoms with Crippen LogP contribution in [0.25, 0.3) is 0 Å². The van der Waals surface area contributed by atoms with Crippen molar-refractivity contribution in [3.05, 3.63) is 0 Å². The molecular formula is C14H35N3. The van der Waals surface area contributed by atoms with E-state index in [9.17, 15) is 0 Å². The minimum Gasteiger partial charge on any atom is -0.309 e. The van der Waals surface area contributed by atoms with E-state index in [4.69, 9.17) is 0 Å². The van der Waals surface area contributed by atoms with Crippen LogP contribution in [0.5, 0.6) is 0 Å². The molecule has 1 fully saturated rings. The molecule has 0 aliphatic carbocycles. The van der Waals surface area contributed by atoms with Crippen molar-refractivity contribution in [2.75, 3.05) is 60.4 Å². The lowest BCUT2D eigenvalue weighted by Crippen LogP contribution is -2.45. The third-order valence-electron chi connectivity index (χ3n) is 2.68. The maximum absolute atomic E-state index is 2.57. The minimum atomic E-state index is 1.21. The van der Waals surface area contributed by atoms with Crippen molar-refractivity contribution in [3.63, 3.8) is 0 Å². The molecule has 0 aromatic rings. The predicted octanol–water partition coefficient (Wildman–Crippen LogP) is 2.24. The number of hydrogen-bond donors (Lipinski definition) is 0. The fourth-order valence-electron chi connectivity index (χ4n) is 1.68. The fourth-order valence-corrected chi connectivity index (χ4v) is 1.68. The number of nitrogens with zero attached hydrogens (tertiary/aromatic N) is 3. The summed E-state index contributed by atoms with van der Waals surface area (Å²) in [4.78, 5) is 7.24. The Morgan fingerprint density at radius 1 is 0.882 bits per heavy atom. The van der Waals surface area contributed by atoms with E-state index in [1.165, 1.54) is 45.7 Å². The van der Waals surface area contributed by atoms with Crippen molar-refractivity contribution in [1.29, 1.82) is 0 Å². The third kappa shape index (κ3) is 12.1. The Morgan fingerprint density at radius 3 is 1.76 bits per heavy atom. The molecule has 0 radical (unpaired) electrons. The largest absolute Gasteiger partial charge is 0.309 e. The van der Waals surface area contributed by atoms with Crippen molar-refractivity contribution in [3.8, 4) is 0 Å². The summed E-state index contributed by atoms with van der Waals surface area (Å²) < 4.78 is 0. The van der Waals surface area contributed by atoms with Crippen LogP contribution in [0.4, 0.5) is 0 Å². The Bertz CT molecular complexity index is 129. The molecule has 17 heavy (non-hydrogen) atoms. The normalized spacial score (nSPS) is 16.9. The first-order valence-electron chi connectivity index (χ1n) is 7.24. The van der Waals surface area contributed by atoms with Gasteiger partial charge >= 0.3 is 0 Å². The van der Waals surface area contributed by atoms with Crippen LogP contribution in [0.1, 0.15) is 34.1 Å². The molecule has 3 heteroatoms. The third-order valence-corrected chi connectivity index (χ3v) is 2.68. The second-order valence-electron chi connectivity index (χ2n) is 4.30. The van der Waals surface area contributed by atoms with E-state index in [0.29, 0.717) is 0 Å². The molecule has 0 saturated carbocycles. The highest BCUT2D eigenvalue weighted by atomic mass is 15.2. The van der Waals surface area contributed by atoms with Crippen molar-refractivity contribution >= 4 is 0 Å². The van der Waals surface area contributed by atoms with Gasteiger partial charge in [0.1, 0.15) is 0 Å². The molecule has 0 aromatic heterocycles. The summed E-state index contributed by atoms with van der Waals surface area (Å²) in [5.41, 5.74) is 0. The molecule has 0 spiro atoms. The molecule has 1 aliphatic rings. The van der Waals surface area contributed by atoms with Crippen molar-refractivity contribution in [2.45, 2.75) is 34.1 Å². The zero-order valence-electron chi connectivity index (χ0n) is 13.3. The molecule has 3 nitrogen and oxygen atoms in total. The second-order valence-corrected chi connectivity index (χ2v) is 4.30. The van der Waals surface area contributed by atoms with Crippen molar-refractivity contribution < 1.29 is 0 Å². The lowest BCUT2D eigenvalue weighted by Gasteiger charge is -2.32. The Hall–Kier alpha value is -0.120. The summed E-state index contributed by atoms with van der Waals surface area (Å²) in [6.45, 7) is 15.5. The van der Waals surface area contributed by atoms with E-state index < -0.39 is 0 Å². The molecule has 0 atom stereocenters. The van der Waals surface area contributed by atoms with Crippen LogP contribution < -0.4 is 0 Å². The maximum Gasteiger partial charge on any atom is 0.0110 e. The Morgan fingerprint density at radius 2 is 1.35 bits per heavy atom. The van der Waals surface area contributed by atoms with Crippen LogP contribution >= 0.6 is 0 Å². The highest BCUT2D eigenvalue weighted by Crippen LogP contribution is 1.99. The summed E-state index contributed by atoms with van der Waals surface area (Å²) in [6.07, 6.45) is 1.30. The van der Waals surface area contributed by atoms with E-state index in [0.717, 1.165) is 0 Å². The molecule has 1 aliphatic heterocycles. The van der Waals surface area contributed by atoms with Gasteiger partial charge in [-0.3, -0.25) is 0 Å². The molecule has 106 valence electrons. The molecule has 1 rings (SSSR count). The van der Waals surface area contributed by atoms with Crippen LogP contribution in [0.15, 0.2) is 0 Å². The second kappa shape index (κ2) is 13.9. The molecule has 0 amide bonds. The summed E-state index contributed by atoms with van der Waals surface area (Å²) >= 11 is 0. The molecule has 0 aromatic carbocycles. The summed E-state index contributed by atoms with van der Waals surface area (Å²) in [6, 6.07) is 0. The SMILES string of the molecule is CC.CC.CN(C)CCCN1CCN(C)CC1. The standard InChI is InChI=1S/C10H23N3.2C2H6/c1-11(2)5-4-6-13-9-7-12(3)8-10-13;2*1-2/h4-10H2,1-3H3;2*1-2H3. The quantitative estimate of drug-likeness (QED) is 0.752. The van der Waals surface area contributed by atoms with E-state index in [-0.39, 0.29) is 0 Å². The summed E-state index contributed by atoms with van der Waals surface area (Å²) in [5.74, 6) is 0. The van der Waals surface area contributed by atoms with Gasteiger partial charge in [-0.25, -0.2) is 0 Å². The Kier molecular flexibility index (Phi) is 15.8. The average Bonchev–Trinajstić information content (AvgIpc) is 2.36. The van der Waals surface area contributed by atoms with Gasteiger partial charge in [0.15, 0.2) is 0 Å². The van der Waals surface area contributed by atoms with Crippen LogP contribution in [0.2, 0.25) is 0 Å². The van der Waals surface area contributed by atoms with E-state index in [2.05, 4.69) is 35.8 Å². The smallest absolute Gasteiger partial charge is 0.0110 e.